The van der Waals surface area contributed by atoms with E-state index in [0.29, 0.717) is 5.01 Å². The van der Waals surface area contributed by atoms with Crippen LogP contribution in [0, 0.1) is 0 Å². The summed E-state index contributed by atoms with van der Waals surface area (Å²) in [6.45, 7) is 1.47. The molecule has 0 bridgehead atoms. The van der Waals surface area contributed by atoms with Crippen LogP contribution in [0.3, 0.4) is 0 Å². The van der Waals surface area contributed by atoms with Gasteiger partial charge in [0.15, 0.2) is 0 Å². The summed E-state index contributed by atoms with van der Waals surface area (Å²) in [7, 11) is 0. The molecule has 170 valence electrons. The van der Waals surface area contributed by atoms with Gasteiger partial charge < -0.3 is 9.64 Å². The van der Waals surface area contributed by atoms with Crippen LogP contribution in [-0.2, 0) is 4.74 Å². The lowest BCUT2D eigenvalue weighted by Crippen LogP contribution is -2.50. The Balaban J connectivity index is 1.69. The molecule has 1 N–H and O–H groups in total. The highest BCUT2D eigenvalue weighted by molar-refractivity contribution is 7.08. The maximum absolute atomic E-state index is 13.3. The molecule has 1 aromatic carbocycles. The van der Waals surface area contributed by atoms with Gasteiger partial charge in [-0.3, -0.25) is 19.8 Å². The number of nitrogens with zero attached hydrogens (tertiary/aromatic N) is 2. The first-order valence-electron chi connectivity index (χ1n) is 9.83. The normalized spacial score (nSPS) is 15.0. The number of hydrogen-bond acceptors (Lipinski definition) is 6. The summed E-state index contributed by atoms with van der Waals surface area (Å²) in [6.07, 6.45) is -1.81. The summed E-state index contributed by atoms with van der Waals surface area (Å²) in [5.41, 5.74) is 2.75. The zero-order valence-electron chi connectivity index (χ0n) is 17.2. The van der Waals surface area contributed by atoms with Gasteiger partial charge >= 0.3 is 6.09 Å². The molecule has 3 rings (SSSR count). The number of imide groups is 1. The number of nitrogens with one attached hydrogen (secondary N) is 1. The number of rotatable bonds is 4. The molecule has 2 heterocycles. The first-order chi connectivity index (χ1) is 15.2. The van der Waals surface area contributed by atoms with E-state index in [9.17, 15) is 28.0 Å². The van der Waals surface area contributed by atoms with Crippen LogP contribution in [0.25, 0.3) is 0 Å². The summed E-state index contributed by atoms with van der Waals surface area (Å²) < 4.78 is 31.4. The van der Waals surface area contributed by atoms with Crippen LogP contribution >= 0.6 is 11.3 Å². The number of ether oxygens (including phenoxy) is 1. The number of amides is 4. The van der Waals surface area contributed by atoms with Gasteiger partial charge in [-0.05, 0) is 42.6 Å². The molecular weight excluding hydrogens is 444 g/mol. The number of halogens is 2. The van der Waals surface area contributed by atoms with E-state index in [4.69, 9.17) is 4.74 Å². The summed E-state index contributed by atoms with van der Waals surface area (Å²) in [6, 6.07) is 6.97. The fraction of sp³-hybridized carbons (Fsp3) is 0.333. The molecule has 8 nitrogen and oxygen atoms in total. The van der Waals surface area contributed by atoms with Gasteiger partial charge in [-0.2, -0.15) is 11.3 Å². The summed E-state index contributed by atoms with van der Waals surface area (Å²) >= 11 is 1.25. The number of hydrazine groups is 1. The minimum Gasteiger partial charge on any atom is -0.448 e. The topological polar surface area (TPSA) is 96.0 Å². The van der Waals surface area contributed by atoms with E-state index in [-0.39, 0.29) is 49.2 Å². The van der Waals surface area contributed by atoms with Gasteiger partial charge in [0.1, 0.15) is 0 Å². The van der Waals surface area contributed by atoms with Crippen molar-refractivity contribution in [3.63, 3.8) is 0 Å². The Morgan fingerprint density at radius 1 is 1.06 bits per heavy atom. The van der Waals surface area contributed by atoms with Gasteiger partial charge in [0.05, 0.1) is 12.2 Å². The van der Waals surface area contributed by atoms with E-state index in [0.717, 1.165) is 0 Å². The molecule has 1 aromatic heterocycles. The van der Waals surface area contributed by atoms with E-state index in [1.807, 2.05) is 0 Å². The highest BCUT2D eigenvalue weighted by Gasteiger charge is 2.35. The van der Waals surface area contributed by atoms with Crippen LogP contribution in [0.4, 0.5) is 13.6 Å². The molecule has 0 radical (unpaired) electrons. The molecule has 1 saturated heterocycles. The van der Waals surface area contributed by atoms with Crippen molar-refractivity contribution >= 4 is 35.2 Å². The first kappa shape index (κ1) is 23.3. The largest absolute Gasteiger partial charge is 0.448 e. The Morgan fingerprint density at radius 3 is 2.25 bits per heavy atom. The number of benzene rings is 1. The minimum atomic E-state index is -2.76. The van der Waals surface area contributed by atoms with Crippen LogP contribution < -0.4 is 5.43 Å². The predicted molar refractivity (Wildman–Crippen MR) is 112 cm³/mol. The fourth-order valence-electron chi connectivity index (χ4n) is 3.03. The third-order valence-corrected chi connectivity index (χ3v) is 5.49. The van der Waals surface area contributed by atoms with Crippen molar-refractivity contribution in [2.45, 2.75) is 25.7 Å². The lowest BCUT2D eigenvalue weighted by molar-refractivity contribution is -0.0494. The Labute approximate surface area is 186 Å². The zero-order valence-corrected chi connectivity index (χ0v) is 18.0. The second-order valence-corrected chi connectivity index (χ2v) is 7.80. The highest BCUT2D eigenvalue weighted by atomic mass is 32.1. The third kappa shape index (κ3) is 5.47. The SMILES string of the molecule is CCOC(=O)N(NC(=O)c1ccc(C(=O)N2CCC(F)(F)CC2)cc1)C(=O)c1ccsc1. The van der Waals surface area contributed by atoms with Crippen LogP contribution in [0.15, 0.2) is 41.1 Å². The number of thiophene rings is 1. The van der Waals surface area contributed by atoms with Crippen LogP contribution in [0.2, 0.25) is 0 Å². The molecule has 1 fully saturated rings. The van der Waals surface area contributed by atoms with Crippen LogP contribution in [-0.4, -0.2) is 59.3 Å². The van der Waals surface area contributed by atoms with Crippen molar-refractivity contribution < 1.29 is 32.7 Å². The van der Waals surface area contributed by atoms with Crippen molar-refractivity contribution in [2.24, 2.45) is 0 Å². The van der Waals surface area contributed by atoms with Crippen LogP contribution in [0.1, 0.15) is 50.8 Å². The number of carbonyl (C=O) groups is 4. The van der Waals surface area contributed by atoms with E-state index >= 15 is 0 Å². The van der Waals surface area contributed by atoms with Crippen LogP contribution in [0.5, 0.6) is 0 Å². The molecule has 11 heteroatoms. The highest BCUT2D eigenvalue weighted by Crippen LogP contribution is 2.28. The predicted octanol–water partition coefficient (Wildman–Crippen LogP) is 3.56. The average Bonchev–Trinajstić information content (AvgIpc) is 3.31. The number of piperidine rings is 1. The summed E-state index contributed by atoms with van der Waals surface area (Å²) in [5, 5.41) is 3.66. The molecule has 0 spiro atoms. The quantitative estimate of drug-likeness (QED) is 0.697. The Kier molecular flexibility index (Phi) is 7.18. The number of carbonyl (C=O) groups excluding carboxylic acids is 4. The van der Waals surface area contributed by atoms with Crippen molar-refractivity contribution in [1.82, 2.24) is 15.3 Å². The van der Waals surface area contributed by atoms with E-state index in [1.165, 1.54) is 51.9 Å². The lowest BCUT2D eigenvalue weighted by Gasteiger charge is -2.31. The standard InChI is InChI=1S/C21H21F2N3O5S/c1-2-31-20(30)26(19(29)16-7-12-32-13-16)24-17(27)14-3-5-15(6-4-14)18(28)25-10-8-21(22,23)9-11-25/h3-7,12-13H,2,8-11H2,1H3,(H,24,27). The molecule has 1 aliphatic heterocycles. The minimum absolute atomic E-state index is 0.00135. The lowest BCUT2D eigenvalue weighted by atomic mass is 10.0. The molecule has 1 aliphatic rings. The Hall–Kier alpha value is -3.34. The van der Waals surface area contributed by atoms with Gasteiger partial charge in [-0.15, -0.1) is 5.01 Å². The molecule has 0 atom stereocenters. The first-order valence-corrected chi connectivity index (χ1v) is 10.8. The third-order valence-electron chi connectivity index (χ3n) is 4.81. The molecule has 0 unspecified atom stereocenters. The molecule has 2 aromatic rings. The van der Waals surface area contributed by atoms with E-state index in [2.05, 4.69) is 5.43 Å². The molecule has 0 saturated carbocycles. The number of hydrogen-bond donors (Lipinski definition) is 1. The summed E-state index contributed by atoms with van der Waals surface area (Å²) in [5.74, 6) is -4.69. The Morgan fingerprint density at radius 2 is 1.69 bits per heavy atom. The smallest absolute Gasteiger partial charge is 0.436 e. The van der Waals surface area contributed by atoms with Gasteiger partial charge in [-0.1, -0.05) is 0 Å². The van der Waals surface area contributed by atoms with E-state index in [1.54, 1.807) is 12.3 Å². The van der Waals surface area contributed by atoms with Crippen molar-refractivity contribution in [3.8, 4) is 0 Å². The average molecular weight is 465 g/mol. The maximum atomic E-state index is 13.3. The zero-order chi connectivity index (χ0) is 23.3. The number of alkyl halides is 2. The molecule has 32 heavy (non-hydrogen) atoms. The van der Waals surface area contributed by atoms with Gasteiger partial charge in [0.25, 0.3) is 23.6 Å². The summed E-state index contributed by atoms with van der Waals surface area (Å²) in [4.78, 5) is 51.2. The second-order valence-electron chi connectivity index (χ2n) is 7.02. The fourth-order valence-corrected chi connectivity index (χ4v) is 3.66. The van der Waals surface area contributed by atoms with Crippen molar-refractivity contribution in [3.05, 3.63) is 57.8 Å². The molecular formula is C21H21F2N3O5S. The Bertz CT molecular complexity index is 985. The molecule has 0 aliphatic carbocycles. The van der Waals surface area contributed by atoms with E-state index < -0.39 is 29.7 Å². The molecule has 4 amide bonds. The maximum Gasteiger partial charge on any atom is 0.436 e. The van der Waals surface area contributed by atoms with Gasteiger partial charge in [0.2, 0.25) is 0 Å². The monoisotopic (exact) mass is 465 g/mol. The second kappa shape index (κ2) is 9.86. The van der Waals surface area contributed by atoms with Crippen molar-refractivity contribution in [2.75, 3.05) is 19.7 Å². The number of likely N-dealkylation sites (tertiary alicyclic amines) is 1. The van der Waals surface area contributed by atoms with Gasteiger partial charge in [0, 0.05) is 42.4 Å². The van der Waals surface area contributed by atoms with Crippen molar-refractivity contribution in [1.29, 1.82) is 0 Å². The van der Waals surface area contributed by atoms with Gasteiger partial charge in [-0.25, -0.2) is 13.6 Å².